The van der Waals surface area contributed by atoms with E-state index >= 15 is 0 Å². The molecule has 3 nitrogen and oxygen atoms in total. The van der Waals surface area contributed by atoms with Crippen LogP contribution in [0.5, 0.6) is 0 Å². The summed E-state index contributed by atoms with van der Waals surface area (Å²) in [7, 11) is 0. The molecule has 0 radical (unpaired) electrons. The summed E-state index contributed by atoms with van der Waals surface area (Å²) in [5, 5.41) is 0. The first-order chi connectivity index (χ1) is 8.97. The molecule has 0 aliphatic rings. The number of imidazole rings is 1. The van der Waals surface area contributed by atoms with Gasteiger partial charge in [-0.2, -0.15) is 0 Å². The molecular weight excluding hydrogens is 248 g/mol. The molecule has 2 rings (SSSR count). The van der Waals surface area contributed by atoms with Crippen molar-refractivity contribution in [2.75, 3.05) is 0 Å². The van der Waals surface area contributed by atoms with Crippen molar-refractivity contribution in [2.45, 2.75) is 26.3 Å². The third-order valence-electron chi connectivity index (χ3n) is 2.90. The summed E-state index contributed by atoms with van der Waals surface area (Å²) in [6.45, 7) is 4.16. The van der Waals surface area contributed by atoms with Crippen LogP contribution in [0.2, 0.25) is 0 Å². The maximum Gasteiger partial charge on any atom is 0.159 e. The van der Waals surface area contributed by atoms with Gasteiger partial charge in [0.15, 0.2) is 11.6 Å². The van der Waals surface area contributed by atoms with Gasteiger partial charge in [0.2, 0.25) is 0 Å². The number of nitrogens with zero attached hydrogens (tertiary/aromatic N) is 1. The molecule has 1 unspecified atom stereocenters. The smallest absolute Gasteiger partial charge is 0.159 e. The minimum atomic E-state index is -0.875. The molecule has 0 bridgehead atoms. The predicted octanol–water partition coefficient (Wildman–Crippen LogP) is 3.40. The largest absolute Gasteiger partial charge is 0.341 e. The Balaban J connectivity index is 2.22. The predicted molar refractivity (Wildman–Crippen MR) is 70.3 cm³/mol. The van der Waals surface area contributed by atoms with Gasteiger partial charge in [-0.05, 0) is 30.5 Å². The minimum Gasteiger partial charge on any atom is -0.341 e. The standard InChI is InChI=1S/C14H17F2N3/c1-8(2)5-12(17)14-18-7-13(19-14)9-3-4-10(15)11(16)6-9/h3-4,6-8,12H,5,17H2,1-2H3,(H,18,19). The molecule has 19 heavy (non-hydrogen) atoms. The van der Waals surface area contributed by atoms with Gasteiger partial charge in [0, 0.05) is 5.56 Å². The van der Waals surface area contributed by atoms with Gasteiger partial charge in [-0.15, -0.1) is 0 Å². The van der Waals surface area contributed by atoms with Gasteiger partial charge in [0.1, 0.15) is 5.82 Å². The van der Waals surface area contributed by atoms with Crippen molar-refractivity contribution in [3.05, 3.63) is 41.9 Å². The van der Waals surface area contributed by atoms with Crippen LogP contribution in [0.15, 0.2) is 24.4 Å². The molecule has 0 aliphatic heterocycles. The van der Waals surface area contributed by atoms with E-state index in [9.17, 15) is 8.78 Å². The number of halogens is 2. The maximum absolute atomic E-state index is 13.2. The van der Waals surface area contributed by atoms with Crippen LogP contribution in [0.3, 0.4) is 0 Å². The Labute approximate surface area is 110 Å². The molecule has 102 valence electrons. The van der Waals surface area contributed by atoms with E-state index in [0.29, 0.717) is 23.0 Å². The second-order valence-corrected chi connectivity index (χ2v) is 5.05. The van der Waals surface area contributed by atoms with Crippen molar-refractivity contribution in [1.82, 2.24) is 9.97 Å². The summed E-state index contributed by atoms with van der Waals surface area (Å²) >= 11 is 0. The van der Waals surface area contributed by atoms with Gasteiger partial charge >= 0.3 is 0 Å². The fraction of sp³-hybridized carbons (Fsp3) is 0.357. The second kappa shape index (κ2) is 5.48. The fourth-order valence-electron chi connectivity index (χ4n) is 1.95. The van der Waals surface area contributed by atoms with Gasteiger partial charge in [0.25, 0.3) is 0 Å². The number of aromatic amines is 1. The first-order valence-corrected chi connectivity index (χ1v) is 6.23. The fourth-order valence-corrected chi connectivity index (χ4v) is 1.95. The average molecular weight is 265 g/mol. The lowest BCUT2D eigenvalue weighted by Crippen LogP contribution is -2.14. The molecule has 1 aromatic heterocycles. The zero-order valence-corrected chi connectivity index (χ0v) is 11.0. The maximum atomic E-state index is 13.2. The molecule has 0 saturated heterocycles. The molecule has 1 atom stereocenters. The molecule has 0 saturated carbocycles. The summed E-state index contributed by atoms with van der Waals surface area (Å²) in [5.74, 6) is -0.611. The number of nitrogens with two attached hydrogens (primary N) is 1. The minimum absolute atomic E-state index is 0.181. The van der Waals surface area contributed by atoms with Crippen LogP contribution < -0.4 is 5.73 Å². The Morgan fingerprint density at radius 2 is 2.00 bits per heavy atom. The van der Waals surface area contributed by atoms with Crippen LogP contribution in [0.4, 0.5) is 8.78 Å². The van der Waals surface area contributed by atoms with Crippen LogP contribution in [0.25, 0.3) is 11.3 Å². The number of rotatable bonds is 4. The molecule has 0 fully saturated rings. The van der Waals surface area contributed by atoms with Gasteiger partial charge in [-0.1, -0.05) is 13.8 Å². The lowest BCUT2D eigenvalue weighted by atomic mass is 10.0. The topological polar surface area (TPSA) is 54.7 Å². The van der Waals surface area contributed by atoms with E-state index in [2.05, 4.69) is 23.8 Å². The van der Waals surface area contributed by atoms with E-state index in [4.69, 9.17) is 5.73 Å². The average Bonchev–Trinajstić information content (AvgIpc) is 2.81. The Bertz CT molecular complexity index is 564. The molecule has 0 spiro atoms. The third kappa shape index (κ3) is 3.17. The molecular formula is C14H17F2N3. The first kappa shape index (κ1) is 13.7. The third-order valence-corrected chi connectivity index (χ3v) is 2.90. The Morgan fingerprint density at radius 1 is 1.26 bits per heavy atom. The van der Waals surface area contributed by atoms with E-state index in [-0.39, 0.29) is 6.04 Å². The molecule has 1 heterocycles. The summed E-state index contributed by atoms with van der Waals surface area (Å²) < 4.78 is 26.0. The highest BCUT2D eigenvalue weighted by molar-refractivity contribution is 5.58. The van der Waals surface area contributed by atoms with Crippen LogP contribution in [-0.2, 0) is 0 Å². The lowest BCUT2D eigenvalue weighted by Gasteiger charge is -2.11. The molecule has 0 aliphatic carbocycles. The molecule has 0 amide bonds. The first-order valence-electron chi connectivity index (χ1n) is 6.23. The van der Waals surface area contributed by atoms with Crippen LogP contribution in [0.1, 0.15) is 32.1 Å². The highest BCUT2D eigenvalue weighted by atomic mass is 19.2. The van der Waals surface area contributed by atoms with Crippen LogP contribution in [0, 0.1) is 17.6 Å². The van der Waals surface area contributed by atoms with Crippen molar-refractivity contribution in [2.24, 2.45) is 11.7 Å². The normalized spacial score (nSPS) is 12.9. The number of H-pyrrole nitrogens is 1. The second-order valence-electron chi connectivity index (χ2n) is 5.05. The number of hydrogen-bond acceptors (Lipinski definition) is 2. The van der Waals surface area contributed by atoms with Crippen molar-refractivity contribution in [3.8, 4) is 11.3 Å². The van der Waals surface area contributed by atoms with Crippen LogP contribution >= 0.6 is 0 Å². The molecule has 2 aromatic rings. The lowest BCUT2D eigenvalue weighted by molar-refractivity contribution is 0.496. The highest BCUT2D eigenvalue weighted by Crippen LogP contribution is 2.22. The van der Waals surface area contributed by atoms with E-state index in [1.54, 1.807) is 6.20 Å². The van der Waals surface area contributed by atoms with E-state index in [1.807, 2.05) is 0 Å². The van der Waals surface area contributed by atoms with Gasteiger partial charge < -0.3 is 10.7 Å². The Morgan fingerprint density at radius 3 is 2.63 bits per heavy atom. The quantitative estimate of drug-likeness (QED) is 0.890. The number of aromatic nitrogens is 2. The van der Waals surface area contributed by atoms with E-state index in [1.165, 1.54) is 6.07 Å². The van der Waals surface area contributed by atoms with E-state index in [0.717, 1.165) is 18.6 Å². The number of hydrogen-bond donors (Lipinski definition) is 2. The van der Waals surface area contributed by atoms with E-state index < -0.39 is 11.6 Å². The summed E-state index contributed by atoms with van der Waals surface area (Å²) in [6, 6.07) is 3.56. The van der Waals surface area contributed by atoms with Gasteiger partial charge in [-0.25, -0.2) is 13.8 Å². The van der Waals surface area contributed by atoms with Crippen molar-refractivity contribution >= 4 is 0 Å². The zero-order chi connectivity index (χ0) is 14.0. The monoisotopic (exact) mass is 265 g/mol. The van der Waals surface area contributed by atoms with Crippen molar-refractivity contribution < 1.29 is 8.78 Å². The summed E-state index contributed by atoms with van der Waals surface area (Å²) in [5.41, 5.74) is 7.20. The number of benzene rings is 1. The SMILES string of the molecule is CC(C)CC(N)c1ncc(-c2ccc(F)c(F)c2)[nH]1. The number of nitrogens with one attached hydrogen (secondary N) is 1. The summed E-state index contributed by atoms with van der Waals surface area (Å²) in [4.78, 5) is 7.26. The van der Waals surface area contributed by atoms with Gasteiger partial charge in [-0.3, -0.25) is 0 Å². The van der Waals surface area contributed by atoms with Gasteiger partial charge in [0.05, 0.1) is 17.9 Å². The Hall–Kier alpha value is -1.75. The summed E-state index contributed by atoms with van der Waals surface area (Å²) in [6.07, 6.45) is 2.40. The van der Waals surface area contributed by atoms with Crippen molar-refractivity contribution in [3.63, 3.8) is 0 Å². The molecule has 1 aromatic carbocycles. The molecule has 3 N–H and O–H groups in total. The molecule has 5 heteroatoms. The highest BCUT2D eigenvalue weighted by Gasteiger charge is 2.13. The van der Waals surface area contributed by atoms with Crippen molar-refractivity contribution in [1.29, 1.82) is 0 Å². The Kier molecular flexibility index (Phi) is 3.95. The van der Waals surface area contributed by atoms with Crippen LogP contribution in [-0.4, -0.2) is 9.97 Å². The zero-order valence-electron chi connectivity index (χ0n) is 11.0.